The van der Waals surface area contributed by atoms with Crippen LogP contribution >= 0.6 is 11.8 Å². The molecule has 1 unspecified atom stereocenters. The molecule has 17 heavy (non-hydrogen) atoms. The Morgan fingerprint density at radius 1 is 1.53 bits per heavy atom. The second-order valence-electron chi connectivity index (χ2n) is 4.94. The molecule has 1 aliphatic carbocycles. The number of hydrogen-bond acceptors (Lipinski definition) is 3. The van der Waals surface area contributed by atoms with Crippen molar-refractivity contribution < 1.29 is 4.79 Å². The van der Waals surface area contributed by atoms with E-state index in [1.54, 1.807) is 11.8 Å². The van der Waals surface area contributed by atoms with Crippen molar-refractivity contribution in [1.82, 2.24) is 0 Å². The zero-order valence-electron chi connectivity index (χ0n) is 9.82. The van der Waals surface area contributed by atoms with Gasteiger partial charge in [-0.05, 0) is 37.5 Å². The standard InChI is InChI=1S/C13H16N2OS/c1-8-12(16)15-10-3-2-9(6-11(10)17-8)13(7-14)4-5-13/h2-3,6,8H,4-5,7,14H2,1H3,(H,15,16). The number of hydrogen-bond donors (Lipinski definition) is 2. The van der Waals surface area contributed by atoms with Gasteiger partial charge in [0.15, 0.2) is 0 Å². The number of fused-ring (bicyclic) bond motifs is 1. The van der Waals surface area contributed by atoms with Crippen molar-refractivity contribution in [1.29, 1.82) is 0 Å². The van der Waals surface area contributed by atoms with E-state index in [2.05, 4.69) is 17.4 Å². The van der Waals surface area contributed by atoms with E-state index in [1.807, 2.05) is 13.0 Å². The first-order valence-corrected chi connectivity index (χ1v) is 6.85. The van der Waals surface area contributed by atoms with Crippen molar-refractivity contribution in [3.05, 3.63) is 23.8 Å². The minimum absolute atomic E-state index is 0.00854. The molecular weight excluding hydrogens is 232 g/mol. The number of anilines is 1. The normalized spacial score (nSPS) is 25.1. The fourth-order valence-corrected chi connectivity index (χ4v) is 3.28. The molecule has 1 aromatic carbocycles. The largest absolute Gasteiger partial charge is 0.330 e. The van der Waals surface area contributed by atoms with Gasteiger partial charge in [0, 0.05) is 16.9 Å². The van der Waals surface area contributed by atoms with Crippen LogP contribution < -0.4 is 11.1 Å². The Labute approximate surface area is 105 Å². The summed E-state index contributed by atoms with van der Waals surface area (Å²) in [6.07, 6.45) is 2.38. The molecule has 0 spiro atoms. The number of benzene rings is 1. The summed E-state index contributed by atoms with van der Waals surface area (Å²) in [5, 5.41) is 2.93. The quantitative estimate of drug-likeness (QED) is 0.843. The molecule has 1 heterocycles. The maximum atomic E-state index is 11.6. The third-order valence-corrected chi connectivity index (χ3v) is 4.93. The van der Waals surface area contributed by atoms with Gasteiger partial charge in [-0.1, -0.05) is 6.07 Å². The maximum Gasteiger partial charge on any atom is 0.237 e. The Hall–Kier alpha value is -1.00. The lowest BCUT2D eigenvalue weighted by atomic mass is 9.96. The summed E-state index contributed by atoms with van der Waals surface area (Å²) >= 11 is 1.64. The first-order valence-electron chi connectivity index (χ1n) is 5.97. The third kappa shape index (κ3) is 1.76. The van der Waals surface area contributed by atoms with Crippen molar-refractivity contribution >= 4 is 23.4 Å². The molecule has 4 heteroatoms. The van der Waals surface area contributed by atoms with E-state index >= 15 is 0 Å². The number of rotatable bonds is 2. The highest BCUT2D eigenvalue weighted by Gasteiger charge is 2.43. The van der Waals surface area contributed by atoms with Gasteiger partial charge in [0.1, 0.15) is 0 Å². The van der Waals surface area contributed by atoms with E-state index in [0.717, 1.165) is 12.2 Å². The van der Waals surface area contributed by atoms with Gasteiger partial charge in [0.05, 0.1) is 10.9 Å². The molecule has 0 aromatic heterocycles. The number of amides is 1. The van der Waals surface area contributed by atoms with Crippen molar-refractivity contribution in [3.63, 3.8) is 0 Å². The molecule has 1 amide bonds. The number of thioether (sulfide) groups is 1. The Morgan fingerprint density at radius 2 is 2.29 bits per heavy atom. The third-order valence-electron chi connectivity index (χ3n) is 3.77. The predicted octanol–water partition coefficient (Wildman–Crippen LogP) is 2.11. The van der Waals surface area contributed by atoms with Gasteiger partial charge in [-0.2, -0.15) is 0 Å². The summed E-state index contributed by atoms with van der Waals surface area (Å²) in [5.74, 6) is 0.0928. The second-order valence-corrected chi connectivity index (χ2v) is 6.33. The average Bonchev–Trinajstić information content (AvgIpc) is 3.11. The van der Waals surface area contributed by atoms with E-state index in [0.29, 0.717) is 0 Å². The molecule has 0 saturated heterocycles. The SMILES string of the molecule is CC1Sc2cc(C3(CN)CC3)ccc2NC1=O. The number of carbonyl (C=O) groups excluding carboxylic acids is 1. The summed E-state index contributed by atoms with van der Waals surface area (Å²) in [6, 6.07) is 6.32. The molecule has 2 aliphatic rings. The van der Waals surface area contributed by atoms with Gasteiger partial charge in [0.25, 0.3) is 0 Å². The molecule has 3 nitrogen and oxygen atoms in total. The highest BCUT2D eigenvalue weighted by molar-refractivity contribution is 8.00. The van der Waals surface area contributed by atoms with E-state index < -0.39 is 0 Å². The Bertz CT molecular complexity index is 482. The highest BCUT2D eigenvalue weighted by atomic mass is 32.2. The summed E-state index contributed by atoms with van der Waals surface area (Å²) in [7, 11) is 0. The van der Waals surface area contributed by atoms with Crippen molar-refractivity contribution in [2.75, 3.05) is 11.9 Å². The van der Waals surface area contributed by atoms with Crippen LogP contribution in [0.5, 0.6) is 0 Å². The Morgan fingerprint density at radius 3 is 2.94 bits per heavy atom. The zero-order valence-corrected chi connectivity index (χ0v) is 10.6. The van der Waals surface area contributed by atoms with Gasteiger partial charge in [0.2, 0.25) is 5.91 Å². The van der Waals surface area contributed by atoms with Gasteiger partial charge in [-0.25, -0.2) is 0 Å². The molecule has 1 atom stereocenters. The summed E-state index contributed by atoms with van der Waals surface area (Å²) < 4.78 is 0. The molecular formula is C13H16N2OS. The molecule has 3 rings (SSSR count). The van der Waals surface area contributed by atoms with Crippen LogP contribution in [0.1, 0.15) is 25.3 Å². The van der Waals surface area contributed by atoms with Crippen molar-refractivity contribution in [2.24, 2.45) is 5.73 Å². The summed E-state index contributed by atoms with van der Waals surface area (Å²) in [4.78, 5) is 12.7. The van der Waals surface area contributed by atoms with Crippen molar-refractivity contribution in [2.45, 2.75) is 35.3 Å². The zero-order chi connectivity index (χ0) is 12.0. The van der Waals surface area contributed by atoms with E-state index in [4.69, 9.17) is 5.73 Å². The van der Waals surface area contributed by atoms with Crippen LogP contribution in [0.25, 0.3) is 0 Å². The second kappa shape index (κ2) is 3.75. The monoisotopic (exact) mass is 248 g/mol. The highest BCUT2D eigenvalue weighted by Crippen LogP contribution is 2.49. The first kappa shape index (κ1) is 11.1. The van der Waals surface area contributed by atoms with Crippen LogP contribution in [0.15, 0.2) is 23.1 Å². The van der Waals surface area contributed by atoms with Crippen LogP contribution in [0.4, 0.5) is 5.69 Å². The van der Waals surface area contributed by atoms with Crippen LogP contribution in [-0.4, -0.2) is 17.7 Å². The molecule has 90 valence electrons. The Kier molecular flexibility index (Phi) is 2.45. The molecule has 1 fully saturated rings. The van der Waals surface area contributed by atoms with Crippen molar-refractivity contribution in [3.8, 4) is 0 Å². The fraction of sp³-hybridized carbons (Fsp3) is 0.462. The number of nitrogens with one attached hydrogen (secondary N) is 1. The molecule has 1 saturated carbocycles. The summed E-state index contributed by atoms with van der Waals surface area (Å²) in [6.45, 7) is 2.66. The average molecular weight is 248 g/mol. The van der Waals surface area contributed by atoms with Gasteiger partial charge in [-0.3, -0.25) is 4.79 Å². The van der Waals surface area contributed by atoms with E-state index in [-0.39, 0.29) is 16.6 Å². The molecule has 3 N–H and O–H groups in total. The van der Waals surface area contributed by atoms with Crippen LogP contribution in [0.3, 0.4) is 0 Å². The minimum atomic E-state index is -0.00854. The molecule has 0 radical (unpaired) electrons. The summed E-state index contributed by atoms with van der Waals surface area (Å²) in [5.41, 5.74) is 8.34. The lowest BCUT2D eigenvalue weighted by molar-refractivity contribution is -0.115. The van der Waals surface area contributed by atoms with Crippen LogP contribution in [-0.2, 0) is 10.2 Å². The maximum absolute atomic E-state index is 11.6. The lowest BCUT2D eigenvalue weighted by Gasteiger charge is -2.23. The fourth-order valence-electron chi connectivity index (χ4n) is 2.29. The molecule has 1 aliphatic heterocycles. The smallest absolute Gasteiger partial charge is 0.237 e. The first-order chi connectivity index (χ1) is 8.14. The predicted molar refractivity (Wildman–Crippen MR) is 70.4 cm³/mol. The topological polar surface area (TPSA) is 55.1 Å². The lowest BCUT2D eigenvalue weighted by Crippen LogP contribution is -2.27. The van der Waals surface area contributed by atoms with Gasteiger partial charge in [-0.15, -0.1) is 11.8 Å². The van der Waals surface area contributed by atoms with Crippen LogP contribution in [0.2, 0.25) is 0 Å². The Balaban J connectivity index is 1.97. The van der Waals surface area contributed by atoms with Crippen LogP contribution in [0, 0.1) is 0 Å². The number of carbonyl (C=O) groups is 1. The molecule has 1 aromatic rings. The van der Waals surface area contributed by atoms with Gasteiger partial charge < -0.3 is 11.1 Å². The number of nitrogens with two attached hydrogens (primary N) is 1. The minimum Gasteiger partial charge on any atom is -0.330 e. The van der Waals surface area contributed by atoms with Gasteiger partial charge >= 0.3 is 0 Å². The van der Waals surface area contributed by atoms with E-state index in [1.165, 1.54) is 23.3 Å². The van der Waals surface area contributed by atoms with E-state index in [9.17, 15) is 4.79 Å². The molecule has 0 bridgehead atoms.